The summed E-state index contributed by atoms with van der Waals surface area (Å²) < 4.78 is 16.1. The van der Waals surface area contributed by atoms with Crippen molar-refractivity contribution >= 4 is 17.7 Å². The summed E-state index contributed by atoms with van der Waals surface area (Å²) in [6.45, 7) is 1.72. The molecule has 0 saturated heterocycles. The van der Waals surface area contributed by atoms with Crippen LogP contribution in [0.15, 0.2) is 30.6 Å². The first kappa shape index (κ1) is 13.3. The highest BCUT2D eigenvalue weighted by atomic mass is 19.1. The van der Waals surface area contributed by atoms with Crippen LogP contribution in [0, 0.1) is 5.82 Å². The molecule has 0 unspecified atom stereocenters. The predicted molar refractivity (Wildman–Crippen MR) is 74.1 cm³/mol. The third kappa shape index (κ3) is 2.62. The van der Waals surface area contributed by atoms with E-state index in [1.165, 1.54) is 12.1 Å². The molecule has 1 aliphatic rings. The number of nitrogens with zero attached hydrogens (tertiary/aromatic N) is 4. The molecule has 0 atom stereocenters. The van der Waals surface area contributed by atoms with Crippen LogP contribution in [0.4, 0.5) is 10.1 Å². The quantitative estimate of drug-likeness (QED) is 0.867. The number of carbonyl (C=O) groups is 1. The van der Waals surface area contributed by atoms with E-state index in [-0.39, 0.29) is 5.82 Å². The molecule has 1 aromatic carbocycles. The minimum absolute atomic E-state index is 0.379. The largest absolute Gasteiger partial charge is 0.478 e. The smallest absolute Gasteiger partial charge is 0.328 e. The zero-order valence-electron chi connectivity index (χ0n) is 11.1. The SMILES string of the molecule is O=C(O)/C=C/c1cccc(F)c1N1CCn2cnnc2C1. The Kier molecular flexibility index (Phi) is 3.39. The van der Waals surface area contributed by atoms with Crippen molar-refractivity contribution in [3.63, 3.8) is 0 Å². The number of rotatable bonds is 3. The average molecular weight is 288 g/mol. The van der Waals surface area contributed by atoms with E-state index in [2.05, 4.69) is 10.2 Å². The lowest BCUT2D eigenvalue weighted by atomic mass is 10.1. The predicted octanol–water partition coefficient (Wildman–Crippen LogP) is 1.54. The van der Waals surface area contributed by atoms with Crippen LogP contribution >= 0.6 is 0 Å². The molecule has 7 heteroatoms. The number of carboxylic acids is 1. The first-order chi connectivity index (χ1) is 10.1. The summed E-state index contributed by atoms with van der Waals surface area (Å²) in [6, 6.07) is 4.62. The van der Waals surface area contributed by atoms with Gasteiger partial charge in [-0.3, -0.25) is 0 Å². The molecular weight excluding hydrogens is 275 g/mol. The molecule has 1 N–H and O–H groups in total. The number of fused-ring (bicyclic) bond motifs is 1. The first-order valence-electron chi connectivity index (χ1n) is 6.46. The highest BCUT2D eigenvalue weighted by molar-refractivity contribution is 5.87. The Bertz CT molecular complexity index is 711. The Balaban J connectivity index is 1.97. The second kappa shape index (κ2) is 5.35. The van der Waals surface area contributed by atoms with Crippen molar-refractivity contribution in [1.82, 2.24) is 14.8 Å². The van der Waals surface area contributed by atoms with Gasteiger partial charge in [0, 0.05) is 24.7 Å². The number of halogens is 1. The molecule has 2 heterocycles. The van der Waals surface area contributed by atoms with Gasteiger partial charge in [-0.05, 0) is 12.1 Å². The van der Waals surface area contributed by atoms with Crippen molar-refractivity contribution in [2.24, 2.45) is 0 Å². The van der Waals surface area contributed by atoms with Gasteiger partial charge >= 0.3 is 5.97 Å². The topological polar surface area (TPSA) is 71.2 Å². The molecule has 0 fully saturated rings. The van der Waals surface area contributed by atoms with Crippen molar-refractivity contribution < 1.29 is 14.3 Å². The lowest BCUT2D eigenvalue weighted by molar-refractivity contribution is -0.131. The molecule has 0 spiro atoms. The summed E-state index contributed by atoms with van der Waals surface area (Å²) in [5.41, 5.74) is 0.926. The van der Waals surface area contributed by atoms with Crippen LogP contribution in [0.3, 0.4) is 0 Å². The van der Waals surface area contributed by atoms with Gasteiger partial charge in [-0.1, -0.05) is 12.1 Å². The van der Waals surface area contributed by atoms with Crippen molar-refractivity contribution in [2.45, 2.75) is 13.1 Å². The van der Waals surface area contributed by atoms with Crippen LogP contribution in [0.25, 0.3) is 6.08 Å². The van der Waals surface area contributed by atoms with Crippen molar-refractivity contribution in [2.75, 3.05) is 11.4 Å². The van der Waals surface area contributed by atoms with Crippen LogP contribution in [-0.4, -0.2) is 32.4 Å². The van der Waals surface area contributed by atoms with Gasteiger partial charge in [0.1, 0.15) is 12.1 Å². The zero-order chi connectivity index (χ0) is 14.8. The van der Waals surface area contributed by atoms with E-state index in [4.69, 9.17) is 5.11 Å². The Morgan fingerprint density at radius 2 is 2.24 bits per heavy atom. The van der Waals surface area contributed by atoms with E-state index in [1.807, 2.05) is 9.47 Å². The Hall–Kier alpha value is -2.70. The first-order valence-corrected chi connectivity index (χ1v) is 6.46. The summed E-state index contributed by atoms with van der Waals surface area (Å²) in [7, 11) is 0. The minimum Gasteiger partial charge on any atom is -0.478 e. The Morgan fingerprint density at radius 1 is 1.38 bits per heavy atom. The Morgan fingerprint density at radius 3 is 3.05 bits per heavy atom. The number of hydrogen-bond donors (Lipinski definition) is 1. The number of benzene rings is 1. The van der Waals surface area contributed by atoms with Gasteiger partial charge in [-0.2, -0.15) is 0 Å². The van der Waals surface area contributed by atoms with Gasteiger partial charge in [-0.15, -0.1) is 10.2 Å². The summed E-state index contributed by atoms with van der Waals surface area (Å²) >= 11 is 0. The van der Waals surface area contributed by atoms with E-state index < -0.39 is 5.97 Å². The van der Waals surface area contributed by atoms with Crippen LogP contribution in [0.1, 0.15) is 11.4 Å². The fourth-order valence-corrected chi connectivity index (χ4v) is 2.42. The highest BCUT2D eigenvalue weighted by Gasteiger charge is 2.21. The third-order valence-electron chi connectivity index (χ3n) is 3.38. The summed E-state index contributed by atoms with van der Waals surface area (Å²) in [6.07, 6.45) is 4.06. The van der Waals surface area contributed by atoms with E-state index in [0.29, 0.717) is 30.9 Å². The number of carboxylic acid groups (broad SMARTS) is 1. The number of anilines is 1. The molecule has 0 saturated carbocycles. The average Bonchev–Trinajstić information content (AvgIpc) is 2.92. The van der Waals surface area contributed by atoms with Gasteiger partial charge in [0.05, 0.1) is 12.2 Å². The summed E-state index contributed by atoms with van der Waals surface area (Å²) in [4.78, 5) is 12.5. The van der Waals surface area contributed by atoms with Crippen molar-refractivity contribution in [3.8, 4) is 0 Å². The maximum Gasteiger partial charge on any atom is 0.328 e. The zero-order valence-corrected chi connectivity index (χ0v) is 11.1. The molecule has 0 amide bonds. The van der Waals surface area contributed by atoms with Crippen molar-refractivity contribution in [3.05, 3.63) is 47.8 Å². The number of aromatic nitrogens is 3. The minimum atomic E-state index is -1.07. The van der Waals surface area contributed by atoms with Crippen LogP contribution in [0.5, 0.6) is 0 Å². The second-order valence-electron chi connectivity index (χ2n) is 4.71. The van der Waals surface area contributed by atoms with Crippen LogP contribution in [-0.2, 0) is 17.9 Å². The molecule has 1 aliphatic heterocycles. The van der Waals surface area contributed by atoms with Gasteiger partial charge in [-0.25, -0.2) is 9.18 Å². The van der Waals surface area contributed by atoms with E-state index >= 15 is 0 Å². The highest BCUT2D eigenvalue weighted by Crippen LogP contribution is 2.28. The fraction of sp³-hybridized carbons (Fsp3) is 0.214. The molecule has 2 aromatic rings. The van der Waals surface area contributed by atoms with Gasteiger partial charge in [0.2, 0.25) is 0 Å². The normalized spacial score (nSPS) is 14.4. The lowest BCUT2D eigenvalue weighted by Gasteiger charge is -2.30. The summed E-state index contributed by atoms with van der Waals surface area (Å²) in [5, 5.41) is 16.6. The second-order valence-corrected chi connectivity index (χ2v) is 4.71. The Labute approximate surface area is 120 Å². The number of para-hydroxylation sites is 1. The van der Waals surface area contributed by atoms with Gasteiger partial charge in [0.15, 0.2) is 5.82 Å². The lowest BCUT2D eigenvalue weighted by Crippen LogP contribution is -2.34. The fourth-order valence-electron chi connectivity index (χ4n) is 2.42. The molecular formula is C14H13FN4O2. The maximum absolute atomic E-state index is 14.2. The standard InChI is InChI=1S/C14H13FN4O2/c15-11-3-1-2-10(4-5-13(20)21)14(11)18-6-7-19-9-16-17-12(19)8-18/h1-5,9H,6-8H2,(H,20,21)/b5-4+. The molecule has 0 bridgehead atoms. The van der Waals surface area contributed by atoms with Crippen molar-refractivity contribution in [1.29, 1.82) is 0 Å². The van der Waals surface area contributed by atoms with Crippen LogP contribution in [0.2, 0.25) is 0 Å². The molecule has 1 aromatic heterocycles. The van der Waals surface area contributed by atoms with E-state index in [1.54, 1.807) is 18.5 Å². The van der Waals surface area contributed by atoms with Crippen LogP contribution < -0.4 is 4.90 Å². The van der Waals surface area contributed by atoms with Gasteiger partial charge < -0.3 is 14.6 Å². The molecule has 3 rings (SSSR count). The number of aliphatic carboxylic acids is 1. The summed E-state index contributed by atoms with van der Waals surface area (Å²) in [5.74, 6) is -0.684. The third-order valence-corrected chi connectivity index (χ3v) is 3.38. The molecule has 108 valence electrons. The molecule has 21 heavy (non-hydrogen) atoms. The molecule has 0 radical (unpaired) electrons. The number of hydrogen-bond acceptors (Lipinski definition) is 4. The molecule has 6 nitrogen and oxygen atoms in total. The maximum atomic E-state index is 14.2. The van der Waals surface area contributed by atoms with E-state index in [9.17, 15) is 9.18 Å². The van der Waals surface area contributed by atoms with E-state index in [0.717, 1.165) is 11.9 Å². The van der Waals surface area contributed by atoms with Gasteiger partial charge in [0.25, 0.3) is 0 Å². The molecule has 0 aliphatic carbocycles. The monoisotopic (exact) mass is 288 g/mol.